The summed E-state index contributed by atoms with van der Waals surface area (Å²) in [5.74, 6) is 0.0961. The van der Waals surface area contributed by atoms with E-state index in [4.69, 9.17) is 22.1 Å². The van der Waals surface area contributed by atoms with Crippen molar-refractivity contribution in [2.24, 2.45) is 0 Å². The monoisotopic (exact) mass is 293 g/mol. The molecule has 0 spiro atoms. The molecule has 0 bridgehead atoms. The summed E-state index contributed by atoms with van der Waals surface area (Å²) in [4.78, 5) is 3.67. The van der Waals surface area contributed by atoms with Crippen LogP contribution in [0.3, 0.4) is 0 Å². The second kappa shape index (κ2) is 6.33. The predicted octanol–water partition coefficient (Wildman–Crippen LogP) is 1.02. The lowest BCUT2D eigenvalue weighted by atomic mass is 10.5. The highest BCUT2D eigenvalue weighted by Gasteiger charge is 2.15. The van der Waals surface area contributed by atoms with Crippen molar-refractivity contribution >= 4 is 27.4 Å². The summed E-state index contributed by atoms with van der Waals surface area (Å²) in [7, 11) is -3.63. The molecule has 8 heteroatoms. The van der Waals surface area contributed by atoms with Crippen molar-refractivity contribution in [1.29, 1.82) is 0 Å². The minimum absolute atomic E-state index is 0.0220. The molecule has 3 N–H and O–H groups in total. The smallest absolute Gasteiger partial charge is 0.242 e. The predicted molar refractivity (Wildman–Crippen MR) is 69.9 cm³/mol. The van der Waals surface area contributed by atoms with Crippen LogP contribution in [-0.4, -0.2) is 32.7 Å². The molecule has 0 aromatic carbocycles. The van der Waals surface area contributed by atoms with Crippen LogP contribution in [0.1, 0.15) is 13.8 Å². The molecular weight excluding hydrogens is 278 g/mol. The zero-order chi connectivity index (χ0) is 13.8. The molecule has 0 unspecified atom stereocenters. The summed E-state index contributed by atoms with van der Waals surface area (Å²) in [6.45, 7) is 4.23. The van der Waals surface area contributed by atoms with Crippen molar-refractivity contribution < 1.29 is 13.2 Å². The zero-order valence-electron chi connectivity index (χ0n) is 10.2. The van der Waals surface area contributed by atoms with Gasteiger partial charge >= 0.3 is 0 Å². The Bertz CT molecular complexity index is 505. The molecule has 18 heavy (non-hydrogen) atoms. The molecular formula is C10H16ClN3O3S. The Labute approximate surface area is 112 Å². The number of nitrogens with one attached hydrogen (secondary N) is 1. The van der Waals surface area contributed by atoms with Crippen molar-refractivity contribution in [1.82, 2.24) is 9.71 Å². The Morgan fingerprint density at radius 3 is 2.78 bits per heavy atom. The van der Waals surface area contributed by atoms with Gasteiger partial charge in [0.25, 0.3) is 0 Å². The molecule has 0 atom stereocenters. The summed E-state index contributed by atoms with van der Waals surface area (Å²) >= 11 is 5.72. The minimum atomic E-state index is -3.63. The highest BCUT2D eigenvalue weighted by molar-refractivity contribution is 7.89. The highest BCUT2D eigenvalue weighted by atomic mass is 35.5. The molecule has 1 aromatic heterocycles. The Kier molecular flexibility index (Phi) is 5.33. The fraction of sp³-hybridized carbons (Fsp3) is 0.500. The topological polar surface area (TPSA) is 94.3 Å². The maximum absolute atomic E-state index is 11.8. The second-order valence-corrected chi connectivity index (χ2v) is 6.03. The van der Waals surface area contributed by atoms with Crippen molar-refractivity contribution in [3.05, 3.63) is 17.3 Å². The number of nitrogens with zero attached hydrogens (tertiary/aromatic N) is 1. The third-order valence-corrected chi connectivity index (χ3v) is 3.73. The van der Waals surface area contributed by atoms with Gasteiger partial charge in [-0.25, -0.2) is 18.1 Å². The lowest BCUT2D eigenvalue weighted by Crippen LogP contribution is -2.28. The molecule has 0 aliphatic heterocycles. The van der Waals surface area contributed by atoms with E-state index in [1.54, 1.807) is 0 Å². The molecule has 1 aromatic rings. The van der Waals surface area contributed by atoms with Gasteiger partial charge in [0.1, 0.15) is 10.7 Å². The van der Waals surface area contributed by atoms with E-state index in [0.717, 1.165) is 6.20 Å². The number of halogens is 1. The number of anilines is 1. The lowest BCUT2D eigenvalue weighted by molar-refractivity contribution is 0.0834. The van der Waals surface area contributed by atoms with Gasteiger partial charge in [-0.1, -0.05) is 11.6 Å². The maximum atomic E-state index is 11.8. The van der Waals surface area contributed by atoms with E-state index in [9.17, 15) is 8.42 Å². The third kappa shape index (κ3) is 4.41. The number of nitrogens with two attached hydrogens (primary N) is 1. The Morgan fingerprint density at radius 2 is 2.22 bits per heavy atom. The summed E-state index contributed by atoms with van der Waals surface area (Å²) in [5.41, 5.74) is 5.41. The number of nitrogen functional groups attached to an aromatic ring is 1. The van der Waals surface area contributed by atoms with E-state index in [-0.39, 0.29) is 28.4 Å². The molecule has 1 rings (SSSR count). The average Bonchev–Trinajstić information content (AvgIpc) is 2.28. The summed E-state index contributed by atoms with van der Waals surface area (Å²) in [5, 5.41) is 0.108. The van der Waals surface area contributed by atoms with Crippen LogP contribution in [-0.2, 0) is 14.8 Å². The molecule has 0 amide bonds. The normalized spacial score (nSPS) is 12.0. The van der Waals surface area contributed by atoms with Crippen LogP contribution >= 0.6 is 11.6 Å². The number of hydrogen-bond acceptors (Lipinski definition) is 5. The van der Waals surface area contributed by atoms with Crippen LogP contribution in [0, 0.1) is 0 Å². The SMILES string of the molecule is CC(C)OCCNS(=O)(=O)c1cnc(N)c(Cl)c1. The minimum Gasteiger partial charge on any atom is -0.382 e. The number of ether oxygens (including phenoxy) is 1. The van der Waals surface area contributed by atoms with E-state index < -0.39 is 10.0 Å². The average molecular weight is 294 g/mol. The number of hydrogen-bond donors (Lipinski definition) is 2. The Morgan fingerprint density at radius 1 is 1.56 bits per heavy atom. The fourth-order valence-corrected chi connectivity index (χ4v) is 2.35. The van der Waals surface area contributed by atoms with Crippen molar-refractivity contribution in [3.8, 4) is 0 Å². The van der Waals surface area contributed by atoms with E-state index in [0.29, 0.717) is 6.61 Å². The lowest BCUT2D eigenvalue weighted by Gasteiger charge is -2.09. The van der Waals surface area contributed by atoms with Gasteiger partial charge in [-0.15, -0.1) is 0 Å². The van der Waals surface area contributed by atoms with Gasteiger partial charge in [0, 0.05) is 12.7 Å². The van der Waals surface area contributed by atoms with Gasteiger partial charge in [-0.2, -0.15) is 0 Å². The first-order chi connectivity index (χ1) is 8.33. The standard InChI is InChI=1S/C10H16ClN3O3S/c1-7(2)17-4-3-14-18(15,16)8-5-9(11)10(12)13-6-8/h5-7,14H,3-4H2,1-2H3,(H2,12,13). The zero-order valence-corrected chi connectivity index (χ0v) is 11.8. The first kappa shape index (κ1) is 15.2. The quantitative estimate of drug-likeness (QED) is 0.764. The first-order valence-corrected chi connectivity index (χ1v) is 7.21. The summed E-state index contributed by atoms with van der Waals surface area (Å²) < 4.78 is 31.3. The van der Waals surface area contributed by atoms with Crippen LogP contribution in [0.15, 0.2) is 17.2 Å². The Balaban J connectivity index is 2.66. The second-order valence-electron chi connectivity index (χ2n) is 3.86. The van der Waals surface area contributed by atoms with Crippen LogP contribution in [0.2, 0.25) is 5.02 Å². The largest absolute Gasteiger partial charge is 0.382 e. The van der Waals surface area contributed by atoms with Crippen molar-refractivity contribution in [2.45, 2.75) is 24.8 Å². The molecule has 1 heterocycles. The Hall–Kier alpha value is -0.890. The van der Waals surface area contributed by atoms with Gasteiger partial charge in [0.2, 0.25) is 10.0 Å². The molecule has 0 saturated heterocycles. The number of pyridine rings is 1. The molecule has 0 aliphatic carbocycles. The molecule has 0 saturated carbocycles. The van der Waals surface area contributed by atoms with Crippen LogP contribution in [0.4, 0.5) is 5.82 Å². The molecule has 6 nitrogen and oxygen atoms in total. The first-order valence-electron chi connectivity index (χ1n) is 5.35. The van der Waals surface area contributed by atoms with Gasteiger partial charge in [-0.05, 0) is 19.9 Å². The molecule has 0 fully saturated rings. The number of aromatic nitrogens is 1. The van der Waals surface area contributed by atoms with Crippen LogP contribution in [0.25, 0.3) is 0 Å². The third-order valence-electron chi connectivity index (χ3n) is 2.00. The summed E-state index contributed by atoms with van der Waals surface area (Å²) in [6, 6.07) is 1.26. The highest BCUT2D eigenvalue weighted by Crippen LogP contribution is 2.19. The number of rotatable bonds is 6. The number of sulfonamides is 1. The van der Waals surface area contributed by atoms with Crippen LogP contribution < -0.4 is 10.5 Å². The van der Waals surface area contributed by atoms with E-state index in [1.165, 1.54) is 6.07 Å². The van der Waals surface area contributed by atoms with Crippen molar-refractivity contribution in [2.75, 3.05) is 18.9 Å². The van der Waals surface area contributed by atoms with Gasteiger partial charge in [0.15, 0.2) is 0 Å². The van der Waals surface area contributed by atoms with E-state index >= 15 is 0 Å². The summed E-state index contributed by atoms with van der Waals surface area (Å²) in [6.07, 6.45) is 1.22. The van der Waals surface area contributed by atoms with Gasteiger partial charge in [-0.3, -0.25) is 0 Å². The van der Waals surface area contributed by atoms with Gasteiger partial charge in [0.05, 0.1) is 17.7 Å². The van der Waals surface area contributed by atoms with Crippen molar-refractivity contribution in [3.63, 3.8) is 0 Å². The fourth-order valence-electron chi connectivity index (χ4n) is 1.13. The molecule has 0 radical (unpaired) electrons. The maximum Gasteiger partial charge on any atom is 0.242 e. The molecule has 102 valence electrons. The van der Waals surface area contributed by atoms with Crippen LogP contribution in [0.5, 0.6) is 0 Å². The van der Waals surface area contributed by atoms with E-state index in [1.807, 2.05) is 13.8 Å². The molecule has 0 aliphatic rings. The van der Waals surface area contributed by atoms with E-state index in [2.05, 4.69) is 9.71 Å². The van der Waals surface area contributed by atoms with Gasteiger partial charge < -0.3 is 10.5 Å².